The maximum atomic E-state index is 10.8. The zero-order valence-electron chi connectivity index (χ0n) is 10.8. The topological polar surface area (TPSA) is 53.4 Å². The van der Waals surface area contributed by atoms with Gasteiger partial charge in [-0.3, -0.25) is 4.90 Å². The molecule has 1 aliphatic rings. The van der Waals surface area contributed by atoms with E-state index in [-0.39, 0.29) is 5.01 Å². The van der Waals surface area contributed by atoms with Gasteiger partial charge in [0.05, 0.1) is 5.69 Å². The maximum Gasteiger partial charge on any atom is 0.365 e. The summed E-state index contributed by atoms with van der Waals surface area (Å²) in [5.74, 6) is -0.0378. The summed E-state index contributed by atoms with van der Waals surface area (Å²) >= 11 is 1.22. The van der Waals surface area contributed by atoms with Crippen molar-refractivity contribution in [1.82, 2.24) is 9.88 Å². The van der Waals surface area contributed by atoms with Gasteiger partial charge in [0.2, 0.25) is 5.01 Å². The molecule has 0 aromatic carbocycles. The van der Waals surface area contributed by atoms with Gasteiger partial charge in [0.25, 0.3) is 0 Å². The van der Waals surface area contributed by atoms with Crippen LogP contribution in [0, 0.1) is 5.92 Å². The van der Waals surface area contributed by atoms with Crippen molar-refractivity contribution in [2.24, 2.45) is 5.92 Å². The SMILES string of the molecule is CCCC1CCN(Cc2csc(C(=O)O)n2)CC1. The summed E-state index contributed by atoms with van der Waals surface area (Å²) in [6.07, 6.45) is 5.15. The second-order valence-corrected chi connectivity index (χ2v) is 5.82. The van der Waals surface area contributed by atoms with Gasteiger partial charge in [-0.1, -0.05) is 19.8 Å². The van der Waals surface area contributed by atoms with E-state index in [2.05, 4.69) is 16.8 Å². The van der Waals surface area contributed by atoms with Crippen LogP contribution in [0.15, 0.2) is 5.38 Å². The lowest BCUT2D eigenvalue weighted by Crippen LogP contribution is -2.33. The predicted octanol–water partition coefficient (Wildman–Crippen LogP) is 2.85. The lowest BCUT2D eigenvalue weighted by Gasteiger charge is -2.31. The first-order valence-corrected chi connectivity index (χ1v) is 7.47. The minimum absolute atomic E-state index is 0.200. The number of hydrogen-bond acceptors (Lipinski definition) is 4. The van der Waals surface area contributed by atoms with Crippen LogP contribution in [0.2, 0.25) is 0 Å². The second kappa shape index (κ2) is 6.29. The van der Waals surface area contributed by atoms with Gasteiger partial charge in [-0.2, -0.15) is 0 Å². The van der Waals surface area contributed by atoms with Gasteiger partial charge in [0, 0.05) is 11.9 Å². The molecule has 2 heterocycles. The quantitative estimate of drug-likeness (QED) is 0.892. The van der Waals surface area contributed by atoms with Crippen LogP contribution in [0.4, 0.5) is 0 Å². The number of carboxylic acid groups (broad SMARTS) is 1. The molecule has 100 valence electrons. The number of aromatic nitrogens is 1. The van der Waals surface area contributed by atoms with Crippen molar-refractivity contribution in [2.75, 3.05) is 13.1 Å². The molecule has 1 aliphatic heterocycles. The Balaban J connectivity index is 1.82. The Labute approximate surface area is 112 Å². The van der Waals surface area contributed by atoms with Gasteiger partial charge in [-0.15, -0.1) is 11.3 Å². The molecule has 1 saturated heterocycles. The number of thiazole rings is 1. The molecular weight excluding hydrogens is 248 g/mol. The average Bonchev–Trinajstić information content (AvgIpc) is 2.81. The summed E-state index contributed by atoms with van der Waals surface area (Å²) in [5, 5.41) is 10.9. The highest BCUT2D eigenvalue weighted by Gasteiger charge is 2.19. The van der Waals surface area contributed by atoms with Gasteiger partial charge in [-0.25, -0.2) is 9.78 Å². The van der Waals surface area contributed by atoms with Gasteiger partial charge < -0.3 is 5.11 Å². The number of carbonyl (C=O) groups is 1. The van der Waals surface area contributed by atoms with E-state index in [1.807, 2.05) is 5.38 Å². The number of hydrogen-bond donors (Lipinski definition) is 1. The molecule has 0 bridgehead atoms. The summed E-state index contributed by atoms with van der Waals surface area (Å²) in [6, 6.07) is 0. The second-order valence-electron chi connectivity index (χ2n) is 4.96. The Bertz CT molecular complexity index is 397. The third-order valence-corrected chi connectivity index (χ3v) is 4.40. The van der Waals surface area contributed by atoms with Crippen LogP contribution in [0.5, 0.6) is 0 Å². The normalized spacial score (nSPS) is 18.1. The van der Waals surface area contributed by atoms with Crippen LogP contribution in [0.3, 0.4) is 0 Å². The molecular formula is C13H20N2O2S. The van der Waals surface area contributed by atoms with Gasteiger partial charge in [-0.05, 0) is 31.8 Å². The number of rotatable bonds is 5. The summed E-state index contributed by atoms with van der Waals surface area (Å²) in [4.78, 5) is 17.3. The molecule has 1 fully saturated rings. The smallest absolute Gasteiger partial charge is 0.365 e. The zero-order valence-corrected chi connectivity index (χ0v) is 11.6. The Morgan fingerprint density at radius 3 is 2.83 bits per heavy atom. The standard InChI is InChI=1S/C13H20N2O2S/c1-2-3-10-4-6-15(7-5-10)8-11-9-18-12(14-11)13(16)17/h9-10H,2-8H2,1H3,(H,16,17). The summed E-state index contributed by atoms with van der Waals surface area (Å²) in [5.41, 5.74) is 0.895. The monoisotopic (exact) mass is 268 g/mol. The molecule has 0 aliphatic carbocycles. The molecule has 0 amide bonds. The van der Waals surface area contributed by atoms with Crippen molar-refractivity contribution in [3.8, 4) is 0 Å². The van der Waals surface area contributed by atoms with Crippen molar-refractivity contribution in [3.63, 3.8) is 0 Å². The number of piperidine rings is 1. The Morgan fingerprint density at radius 2 is 2.28 bits per heavy atom. The average molecular weight is 268 g/mol. The van der Waals surface area contributed by atoms with E-state index in [0.717, 1.165) is 31.2 Å². The molecule has 18 heavy (non-hydrogen) atoms. The van der Waals surface area contributed by atoms with Crippen molar-refractivity contribution in [2.45, 2.75) is 39.2 Å². The van der Waals surface area contributed by atoms with E-state index in [1.54, 1.807) is 0 Å². The van der Waals surface area contributed by atoms with Crippen LogP contribution < -0.4 is 0 Å². The fourth-order valence-electron chi connectivity index (χ4n) is 2.55. The summed E-state index contributed by atoms with van der Waals surface area (Å²) < 4.78 is 0. The molecule has 0 unspecified atom stereocenters. The van der Waals surface area contributed by atoms with Crippen molar-refractivity contribution in [1.29, 1.82) is 0 Å². The molecule has 0 saturated carbocycles. The fraction of sp³-hybridized carbons (Fsp3) is 0.692. The first-order valence-electron chi connectivity index (χ1n) is 6.59. The molecule has 1 aromatic rings. The fourth-order valence-corrected chi connectivity index (χ4v) is 3.19. The van der Waals surface area contributed by atoms with Crippen molar-refractivity contribution >= 4 is 17.3 Å². The number of aromatic carboxylic acids is 1. The van der Waals surface area contributed by atoms with Gasteiger partial charge >= 0.3 is 5.97 Å². The van der Waals surface area contributed by atoms with Crippen molar-refractivity contribution < 1.29 is 9.90 Å². The molecule has 4 nitrogen and oxygen atoms in total. The van der Waals surface area contributed by atoms with Gasteiger partial charge in [0.15, 0.2) is 0 Å². The Kier molecular flexibility index (Phi) is 4.72. The van der Waals surface area contributed by atoms with E-state index >= 15 is 0 Å². The molecule has 0 spiro atoms. The minimum atomic E-state index is -0.923. The first-order chi connectivity index (χ1) is 8.69. The highest BCUT2D eigenvalue weighted by atomic mass is 32.1. The van der Waals surface area contributed by atoms with Crippen LogP contribution in [-0.4, -0.2) is 34.0 Å². The van der Waals surface area contributed by atoms with Crippen LogP contribution in [0.25, 0.3) is 0 Å². The third kappa shape index (κ3) is 3.53. The van der Waals surface area contributed by atoms with Crippen LogP contribution in [-0.2, 0) is 6.54 Å². The van der Waals surface area contributed by atoms with E-state index in [0.29, 0.717) is 0 Å². The molecule has 0 radical (unpaired) electrons. The number of likely N-dealkylation sites (tertiary alicyclic amines) is 1. The van der Waals surface area contributed by atoms with E-state index in [4.69, 9.17) is 5.11 Å². The summed E-state index contributed by atoms with van der Waals surface area (Å²) in [7, 11) is 0. The zero-order chi connectivity index (χ0) is 13.0. The van der Waals surface area contributed by atoms with Crippen LogP contribution >= 0.6 is 11.3 Å². The minimum Gasteiger partial charge on any atom is -0.476 e. The maximum absolute atomic E-state index is 10.8. The predicted molar refractivity (Wildman–Crippen MR) is 72.0 cm³/mol. The van der Waals surface area contributed by atoms with Crippen LogP contribution in [0.1, 0.15) is 48.1 Å². The number of nitrogens with zero attached hydrogens (tertiary/aromatic N) is 2. The largest absolute Gasteiger partial charge is 0.476 e. The number of carboxylic acids is 1. The highest BCUT2D eigenvalue weighted by molar-refractivity contribution is 7.11. The van der Waals surface area contributed by atoms with E-state index in [1.165, 1.54) is 37.0 Å². The summed E-state index contributed by atoms with van der Waals surface area (Å²) in [6.45, 7) is 5.27. The Morgan fingerprint density at radius 1 is 1.56 bits per heavy atom. The molecule has 0 atom stereocenters. The highest BCUT2D eigenvalue weighted by Crippen LogP contribution is 2.23. The van der Waals surface area contributed by atoms with Crippen molar-refractivity contribution in [3.05, 3.63) is 16.1 Å². The first kappa shape index (κ1) is 13.5. The Hall–Kier alpha value is -0.940. The lowest BCUT2D eigenvalue weighted by molar-refractivity contribution is 0.0696. The molecule has 1 aromatic heterocycles. The van der Waals surface area contributed by atoms with E-state index < -0.39 is 5.97 Å². The third-order valence-electron chi connectivity index (χ3n) is 3.52. The van der Waals surface area contributed by atoms with E-state index in [9.17, 15) is 4.79 Å². The van der Waals surface area contributed by atoms with Gasteiger partial charge in [0.1, 0.15) is 0 Å². The molecule has 2 rings (SSSR count). The molecule has 1 N–H and O–H groups in total. The molecule has 5 heteroatoms. The lowest BCUT2D eigenvalue weighted by atomic mass is 9.92.